The van der Waals surface area contributed by atoms with E-state index in [4.69, 9.17) is 0 Å². The molecule has 0 saturated heterocycles. The van der Waals surface area contributed by atoms with Gasteiger partial charge in [0.25, 0.3) is 0 Å². The quantitative estimate of drug-likeness (QED) is 0.651. The van der Waals surface area contributed by atoms with Crippen LogP contribution in [0.2, 0.25) is 0 Å². The largest absolute Gasteiger partial charge is 0.103 e. The molecule has 0 radical (unpaired) electrons. The first kappa shape index (κ1) is 12.4. The van der Waals surface area contributed by atoms with E-state index in [9.17, 15) is 0 Å². The highest BCUT2D eigenvalue weighted by Gasteiger charge is 2.08. The summed E-state index contributed by atoms with van der Waals surface area (Å²) in [5.74, 6) is 0. The summed E-state index contributed by atoms with van der Waals surface area (Å²) in [6, 6.07) is 17.0. The van der Waals surface area contributed by atoms with Gasteiger partial charge in [-0.25, -0.2) is 0 Å². The van der Waals surface area contributed by atoms with Gasteiger partial charge in [0, 0.05) is 0 Å². The van der Waals surface area contributed by atoms with Gasteiger partial charge in [-0.15, -0.1) is 13.2 Å². The summed E-state index contributed by atoms with van der Waals surface area (Å²) in [6.07, 6.45) is 5.71. The molecule has 0 aliphatic carbocycles. The van der Waals surface area contributed by atoms with Crippen molar-refractivity contribution in [3.63, 3.8) is 0 Å². The summed E-state index contributed by atoms with van der Waals surface area (Å²) in [4.78, 5) is 0. The summed E-state index contributed by atoms with van der Waals surface area (Å²) in [5.41, 5.74) is 5.26. The predicted octanol–water partition coefficient (Wildman–Crippen LogP) is 4.81. The second-order valence-corrected chi connectivity index (χ2v) is 4.30. The fourth-order valence-electron chi connectivity index (χ4n) is 2.28. The normalized spacial score (nSPS) is 10.0. The molecule has 0 spiro atoms. The van der Waals surface area contributed by atoms with Gasteiger partial charge in [0.2, 0.25) is 0 Å². The molecule has 0 unspecified atom stereocenters. The molecule has 0 aliphatic rings. The molecule has 2 rings (SSSR count). The number of rotatable bonds is 5. The third-order valence-electron chi connectivity index (χ3n) is 3.03. The Balaban J connectivity index is 2.59. The molecular formula is C18H18. The Morgan fingerprint density at radius 3 is 1.78 bits per heavy atom. The van der Waals surface area contributed by atoms with E-state index in [0.29, 0.717) is 0 Å². The molecule has 2 aromatic carbocycles. The minimum absolute atomic E-state index is 0.898. The van der Waals surface area contributed by atoms with Crippen molar-refractivity contribution in [3.8, 4) is 11.1 Å². The van der Waals surface area contributed by atoms with Crippen LogP contribution in [0.4, 0.5) is 0 Å². The van der Waals surface area contributed by atoms with E-state index in [0.717, 1.165) is 12.8 Å². The monoisotopic (exact) mass is 234 g/mol. The lowest BCUT2D eigenvalue weighted by Gasteiger charge is -2.13. The molecule has 0 atom stereocenters. The summed E-state index contributed by atoms with van der Waals surface area (Å²) < 4.78 is 0. The lowest BCUT2D eigenvalue weighted by atomic mass is 9.91. The van der Waals surface area contributed by atoms with Crippen molar-refractivity contribution < 1.29 is 0 Å². The molecule has 18 heavy (non-hydrogen) atoms. The van der Waals surface area contributed by atoms with Crippen LogP contribution < -0.4 is 0 Å². The van der Waals surface area contributed by atoms with Crippen LogP contribution in [-0.4, -0.2) is 0 Å². The Bertz CT molecular complexity index is 507. The maximum absolute atomic E-state index is 3.85. The van der Waals surface area contributed by atoms with Gasteiger partial charge in [0.05, 0.1) is 0 Å². The van der Waals surface area contributed by atoms with Crippen LogP contribution in [0, 0.1) is 0 Å². The summed E-state index contributed by atoms with van der Waals surface area (Å²) in [7, 11) is 0. The maximum Gasteiger partial charge on any atom is -0.00939 e. The molecule has 0 aromatic heterocycles. The zero-order valence-corrected chi connectivity index (χ0v) is 10.6. The van der Waals surface area contributed by atoms with Gasteiger partial charge < -0.3 is 0 Å². The van der Waals surface area contributed by atoms with Crippen molar-refractivity contribution in [2.24, 2.45) is 0 Å². The van der Waals surface area contributed by atoms with E-state index >= 15 is 0 Å². The van der Waals surface area contributed by atoms with Crippen molar-refractivity contribution in [3.05, 3.63) is 85.0 Å². The Labute approximate surface area is 109 Å². The fraction of sp³-hybridized carbons (Fsp3) is 0.111. The third-order valence-corrected chi connectivity index (χ3v) is 3.03. The van der Waals surface area contributed by atoms with Gasteiger partial charge in [-0.05, 0) is 35.1 Å². The standard InChI is InChI=1S/C18H18/c1-3-9-15-13-8-14-16(10-4-2)18(15)17-11-6-5-7-12-17/h3-8,11-14H,1-2,9-10H2. The fourth-order valence-corrected chi connectivity index (χ4v) is 2.28. The van der Waals surface area contributed by atoms with E-state index in [1.54, 1.807) is 0 Å². The van der Waals surface area contributed by atoms with Crippen molar-refractivity contribution >= 4 is 0 Å². The summed E-state index contributed by atoms with van der Waals surface area (Å²) in [6.45, 7) is 7.69. The van der Waals surface area contributed by atoms with Crippen LogP contribution in [0.1, 0.15) is 11.1 Å². The highest BCUT2D eigenvalue weighted by atomic mass is 14.1. The van der Waals surface area contributed by atoms with E-state index in [2.05, 4.69) is 55.6 Å². The zero-order chi connectivity index (χ0) is 12.8. The van der Waals surface area contributed by atoms with Crippen molar-refractivity contribution in [1.82, 2.24) is 0 Å². The second kappa shape index (κ2) is 6.02. The first-order valence-corrected chi connectivity index (χ1v) is 6.24. The molecule has 0 saturated carbocycles. The molecular weight excluding hydrogens is 216 g/mol. The number of hydrogen-bond donors (Lipinski definition) is 0. The first-order chi connectivity index (χ1) is 8.86. The predicted molar refractivity (Wildman–Crippen MR) is 79.7 cm³/mol. The number of hydrogen-bond acceptors (Lipinski definition) is 0. The van der Waals surface area contributed by atoms with Crippen LogP contribution in [0.15, 0.2) is 73.8 Å². The molecule has 2 aromatic rings. The van der Waals surface area contributed by atoms with Gasteiger partial charge in [-0.1, -0.05) is 60.7 Å². The topological polar surface area (TPSA) is 0 Å². The molecule has 0 heteroatoms. The molecule has 0 N–H and O–H groups in total. The van der Waals surface area contributed by atoms with E-state index in [-0.39, 0.29) is 0 Å². The summed E-state index contributed by atoms with van der Waals surface area (Å²) in [5, 5.41) is 0. The zero-order valence-electron chi connectivity index (χ0n) is 10.6. The van der Waals surface area contributed by atoms with E-state index < -0.39 is 0 Å². The Morgan fingerprint density at radius 1 is 0.722 bits per heavy atom. The molecule has 0 bridgehead atoms. The minimum atomic E-state index is 0.898. The number of allylic oxidation sites excluding steroid dienone is 2. The first-order valence-electron chi connectivity index (χ1n) is 6.24. The Hall–Kier alpha value is -2.08. The van der Waals surface area contributed by atoms with Gasteiger partial charge in [-0.3, -0.25) is 0 Å². The van der Waals surface area contributed by atoms with Crippen molar-refractivity contribution in [1.29, 1.82) is 0 Å². The molecule has 0 amide bonds. The minimum Gasteiger partial charge on any atom is -0.103 e. The second-order valence-electron chi connectivity index (χ2n) is 4.30. The lowest BCUT2D eigenvalue weighted by Crippen LogP contribution is -1.94. The van der Waals surface area contributed by atoms with Crippen LogP contribution >= 0.6 is 0 Å². The highest BCUT2D eigenvalue weighted by Crippen LogP contribution is 2.29. The van der Waals surface area contributed by atoms with Gasteiger partial charge >= 0.3 is 0 Å². The molecule has 0 fully saturated rings. The van der Waals surface area contributed by atoms with Crippen LogP contribution in [0.25, 0.3) is 11.1 Å². The third kappa shape index (κ3) is 2.60. The average Bonchev–Trinajstić information content (AvgIpc) is 2.41. The average molecular weight is 234 g/mol. The van der Waals surface area contributed by atoms with Gasteiger partial charge in [-0.2, -0.15) is 0 Å². The van der Waals surface area contributed by atoms with Crippen LogP contribution in [0.3, 0.4) is 0 Å². The highest BCUT2D eigenvalue weighted by molar-refractivity contribution is 5.71. The molecule has 0 aliphatic heterocycles. The van der Waals surface area contributed by atoms with Gasteiger partial charge in [0.15, 0.2) is 0 Å². The number of benzene rings is 2. The Morgan fingerprint density at radius 2 is 1.28 bits per heavy atom. The summed E-state index contributed by atoms with van der Waals surface area (Å²) >= 11 is 0. The van der Waals surface area contributed by atoms with Crippen molar-refractivity contribution in [2.75, 3.05) is 0 Å². The van der Waals surface area contributed by atoms with Crippen LogP contribution in [-0.2, 0) is 12.8 Å². The van der Waals surface area contributed by atoms with Crippen LogP contribution in [0.5, 0.6) is 0 Å². The lowest BCUT2D eigenvalue weighted by molar-refractivity contribution is 1.21. The maximum atomic E-state index is 3.85. The molecule has 0 nitrogen and oxygen atoms in total. The SMILES string of the molecule is C=CCc1cccc(CC=C)c1-c1ccccc1. The Kier molecular flexibility index (Phi) is 4.14. The van der Waals surface area contributed by atoms with Crippen molar-refractivity contribution in [2.45, 2.75) is 12.8 Å². The van der Waals surface area contributed by atoms with E-state index in [1.165, 1.54) is 22.3 Å². The smallest absolute Gasteiger partial charge is 0.00939 e. The molecule has 90 valence electrons. The molecule has 0 heterocycles. The van der Waals surface area contributed by atoms with E-state index in [1.807, 2.05) is 18.2 Å². The van der Waals surface area contributed by atoms with Gasteiger partial charge in [0.1, 0.15) is 0 Å².